The van der Waals surface area contributed by atoms with Gasteiger partial charge >= 0.3 is 0 Å². The molecule has 0 N–H and O–H groups in total. The number of Topliss-reactive ketones (excluding diaryl/α,β-unsaturated/α-hetero) is 1. The van der Waals surface area contributed by atoms with Crippen LogP contribution in [-0.4, -0.2) is 43.9 Å². The molecule has 2 aliphatic rings. The first-order chi connectivity index (χ1) is 9.38. The maximum atomic E-state index is 12.9. The van der Waals surface area contributed by atoms with Crippen LogP contribution >= 0.6 is 0 Å². The zero-order valence-electron chi connectivity index (χ0n) is 13.2. The fraction of sp³-hybridized carbons (Fsp3) is 0.938. The predicted octanol–water partition coefficient (Wildman–Crippen LogP) is 2.59. The zero-order chi connectivity index (χ0) is 14.8. The van der Waals surface area contributed by atoms with Crippen molar-refractivity contribution in [3.8, 4) is 0 Å². The smallest absolute Gasteiger partial charge is 0.165 e. The number of hydrogen-bond acceptors (Lipinski definition) is 4. The van der Waals surface area contributed by atoms with Crippen molar-refractivity contribution in [3.63, 3.8) is 0 Å². The van der Waals surface area contributed by atoms with E-state index in [4.69, 9.17) is 14.2 Å². The van der Waals surface area contributed by atoms with Crippen molar-refractivity contribution in [2.24, 2.45) is 11.3 Å². The summed E-state index contributed by atoms with van der Waals surface area (Å²) in [6.45, 7) is 10.8. The summed E-state index contributed by atoms with van der Waals surface area (Å²) in [5.74, 6) is 0.287. The van der Waals surface area contributed by atoms with Gasteiger partial charge in [0.1, 0.15) is 6.10 Å². The molecule has 0 amide bonds. The van der Waals surface area contributed by atoms with Crippen molar-refractivity contribution < 1.29 is 19.0 Å². The van der Waals surface area contributed by atoms with Crippen molar-refractivity contribution >= 4 is 5.78 Å². The van der Waals surface area contributed by atoms with Crippen LogP contribution in [-0.2, 0) is 19.0 Å². The monoisotopic (exact) mass is 284 g/mol. The molecule has 116 valence electrons. The van der Waals surface area contributed by atoms with Crippen LogP contribution in [0.1, 0.15) is 47.0 Å². The highest BCUT2D eigenvalue weighted by Crippen LogP contribution is 2.38. The number of hydrogen-bond donors (Lipinski definition) is 0. The first-order valence-electron chi connectivity index (χ1n) is 7.75. The normalized spacial score (nSPS) is 32.5. The highest BCUT2D eigenvalue weighted by Gasteiger charge is 2.45. The summed E-state index contributed by atoms with van der Waals surface area (Å²) in [7, 11) is 0. The lowest BCUT2D eigenvalue weighted by Crippen LogP contribution is -2.47. The second-order valence-corrected chi connectivity index (χ2v) is 7.13. The first-order valence-corrected chi connectivity index (χ1v) is 7.75. The van der Waals surface area contributed by atoms with Crippen molar-refractivity contribution in [3.05, 3.63) is 0 Å². The number of carbonyl (C=O) groups is 1. The third kappa shape index (κ3) is 3.41. The summed E-state index contributed by atoms with van der Waals surface area (Å²) in [5, 5.41) is 0. The van der Waals surface area contributed by atoms with Gasteiger partial charge < -0.3 is 14.2 Å². The highest BCUT2D eigenvalue weighted by atomic mass is 16.6. The maximum absolute atomic E-state index is 12.9. The molecule has 3 unspecified atom stereocenters. The van der Waals surface area contributed by atoms with Crippen molar-refractivity contribution in [2.75, 3.05) is 26.4 Å². The molecule has 0 saturated carbocycles. The minimum Gasteiger partial charge on any atom is -0.378 e. The third-order valence-corrected chi connectivity index (χ3v) is 4.34. The van der Waals surface area contributed by atoms with Gasteiger partial charge in [-0.1, -0.05) is 20.8 Å². The SMILES string of the molecule is CCOC(C(=O)C1CCOC2(CCOC2)C1)C(C)(C)C. The van der Waals surface area contributed by atoms with Crippen LogP contribution in [0.25, 0.3) is 0 Å². The zero-order valence-corrected chi connectivity index (χ0v) is 13.2. The molecule has 0 bridgehead atoms. The van der Waals surface area contributed by atoms with Crippen LogP contribution in [0.15, 0.2) is 0 Å². The van der Waals surface area contributed by atoms with E-state index < -0.39 is 0 Å². The van der Waals surface area contributed by atoms with E-state index in [-0.39, 0.29) is 28.8 Å². The summed E-state index contributed by atoms with van der Waals surface area (Å²) in [4.78, 5) is 12.9. The van der Waals surface area contributed by atoms with Gasteiger partial charge in [0.05, 0.1) is 12.2 Å². The summed E-state index contributed by atoms with van der Waals surface area (Å²) in [6, 6.07) is 0. The molecule has 0 aromatic heterocycles. The molecule has 0 aromatic carbocycles. The fourth-order valence-corrected chi connectivity index (χ4v) is 3.27. The average Bonchev–Trinajstić information content (AvgIpc) is 2.82. The molecule has 20 heavy (non-hydrogen) atoms. The Morgan fingerprint density at radius 1 is 1.40 bits per heavy atom. The van der Waals surface area contributed by atoms with Crippen molar-refractivity contribution in [1.82, 2.24) is 0 Å². The van der Waals surface area contributed by atoms with Gasteiger partial charge in [0, 0.05) is 32.2 Å². The second kappa shape index (κ2) is 6.12. The van der Waals surface area contributed by atoms with E-state index in [1.165, 1.54) is 0 Å². The second-order valence-electron chi connectivity index (χ2n) is 7.13. The lowest BCUT2D eigenvalue weighted by atomic mass is 9.76. The molecule has 3 atom stereocenters. The molecule has 2 rings (SSSR count). The van der Waals surface area contributed by atoms with E-state index in [1.807, 2.05) is 6.92 Å². The van der Waals surface area contributed by atoms with Gasteiger partial charge in [0.25, 0.3) is 0 Å². The molecular formula is C16H28O4. The molecule has 2 heterocycles. The molecule has 4 heteroatoms. The van der Waals surface area contributed by atoms with Crippen LogP contribution in [0, 0.1) is 11.3 Å². The summed E-state index contributed by atoms with van der Waals surface area (Å²) in [6.07, 6.45) is 2.17. The van der Waals surface area contributed by atoms with E-state index in [9.17, 15) is 4.79 Å². The van der Waals surface area contributed by atoms with Gasteiger partial charge in [-0.15, -0.1) is 0 Å². The van der Waals surface area contributed by atoms with Crippen LogP contribution < -0.4 is 0 Å². The molecule has 4 nitrogen and oxygen atoms in total. The highest BCUT2D eigenvalue weighted by molar-refractivity contribution is 5.86. The van der Waals surface area contributed by atoms with E-state index in [2.05, 4.69) is 20.8 Å². The predicted molar refractivity (Wildman–Crippen MR) is 76.7 cm³/mol. The van der Waals surface area contributed by atoms with E-state index in [0.29, 0.717) is 19.8 Å². The standard InChI is InChI=1S/C16H28O4/c1-5-19-14(15(2,3)4)13(17)12-6-8-20-16(10-12)7-9-18-11-16/h12,14H,5-11H2,1-4H3. The molecule has 0 aromatic rings. The Labute approximate surface area is 122 Å². The van der Waals surface area contributed by atoms with Crippen LogP contribution in [0.5, 0.6) is 0 Å². The molecule has 0 radical (unpaired) electrons. The Kier molecular flexibility index (Phi) is 4.88. The van der Waals surface area contributed by atoms with E-state index in [0.717, 1.165) is 25.9 Å². The maximum Gasteiger partial charge on any atom is 0.165 e. The number of rotatable bonds is 4. The van der Waals surface area contributed by atoms with Crippen LogP contribution in [0.3, 0.4) is 0 Å². The fourth-order valence-electron chi connectivity index (χ4n) is 3.27. The first kappa shape index (κ1) is 15.9. The molecule has 1 spiro atoms. The molecule has 2 fully saturated rings. The Bertz CT molecular complexity index is 339. The van der Waals surface area contributed by atoms with Gasteiger partial charge in [-0.25, -0.2) is 0 Å². The van der Waals surface area contributed by atoms with Crippen molar-refractivity contribution in [2.45, 2.75) is 58.7 Å². The van der Waals surface area contributed by atoms with Gasteiger partial charge in [0.2, 0.25) is 0 Å². The Morgan fingerprint density at radius 3 is 2.70 bits per heavy atom. The largest absolute Gasteiger partial charge is 0.378 e. The summed E-state index contributed by atoms with van der Waals surface area (Å²) in [5.41, 5.74) is -0.377. The molecule has 0 aliphatic carbocycles. The molecular weight excluding hydrogens is 256 g/mol. The van der Waals surface area contributed by atoms with Crippen LogP contribution in [0.4, 0.5) is 0 Å². The number of carbonyl (C=O) groups excluding carboxylic acids is 1. The lowest BCUT2D eigenvalue weighted by molar-refractivity contribution is -0.153. The summed E-state index contributed by atoms with van der Waals surface area (Å²) >= 11 is 0. The number of ketones is 1. The summed E-state index contributed by atoms with van der Waals surface area (Å²) < 4.78 is 17.1. The van der Waals surface area contributed by atoms with Gasteiger partial charge in [-0.2, -0.15) is 0 Å². The average molecular weight is 284 g/mol. The van der Waals surface area contributed by atoms with E-state index >= 15 is 0 Å². The lowest BCUT2D eigenvalue weighted by Gasteiger charge is -2.39. The van der Waals surface area contributed by atoms with Gasteiger partial charge in [0.15, 0.2) is 5.78 Å². The van der Waals surface area contributed by atoms with Crippen molar-refractivity contribution in [1.29, 1.82) is 0 Å². The third-order valence-electron chi connectivity index (χ3n) is 4.34. The van der Waals surface area contributed by atoms with E-state index in [1.54, 1.807) is 0 Å². The van der Waals surface area contributed by atoms with Crippen LogP contribution in [0.2, 0.25) is 0 Å². The van der Waals surface area contributed by atoms with Gasteiger partial charge in [-0.05, 0) is 25.2 Å². The topological polar surface area (TPSA) is 44.8 Å². The number of ether oxygens (including phenoxy) is 3. The van der Waals surface area contributed by atoms with Gasteiger partial charge in [-0.3, -0.25) is 4.79 Å². The minimum atomic E-state index is -0.324. The Morgan fingerprint density at radius 2 is 2.15 bits per heavy atom. The Balaban J connectivity index is 2.06. The quantitative estimate of drug-likeness (QED) is 0.796. The molecule has 2 saturated heterocycles. The Hall–Kier alpha value is -0.450. The minimum absolute atomic E-state index is 0.0428. The molecule has 2 aliphatic heterocycles.